The van der Waals surface area contributed by atoms with Gasteiger partial charge in [0.05, 0.1) is 12.8 Å². The summed E-state index contributed by atoms with van der Waals surface area (Å²) in [6.07, 6.45) is 4.34. The van der Waals surface area contributed by atoms with Crippen molar-refractivity contribution in [1.82, 2.24) is 0 Å². The van der Waals surface area contributed by atoms with Crippen molar-refractivity contribution in [2.75, 3.05) is 18.6 Å². The van der Waals surface area contributed by atoms with E-state index in [1.165, 1.54) is 0 Å². The van der Waals surface area contributed by atoms with Crippen LogP contribution in [-0.2, 0) is 11.2 Å². The average Bonchev–Trinajstić information content (AvgIpc) is 2.97. The van der Waals surface area contributed by atoms with Crippen molar-refractivity contribution in [2.24, 2.45) is 0 Å². The monoisotopic (exact) mass is 279 g/mol. The number of methoxy groups -OCH3 is 1. The van der Waals surface area contributed by atoms with Gasteiger partial charge in [-0.2, -0.15) is 0 Å². The number of hydrogen-bond donors (Lipinski definition) is 0. The Morgan fingerprint density at radius 3 is 2.71 bits per heavy atom. The zero-order valence-electron chi connectivity index (χ0n) is 12.0. The standard InChI is InChI=1S/C18H17NO2/c1-21-16-9-5-8-15-12-13-19(18(15)16)17(20)11-10-14-6-3-2-4-7-14/h2-11H,12-13H2,1H3. The first kappa shape index (κ1) is 13.4. The summed E-state index contributed by atoms with van der Waals surface area (Å²) in [6.45, 7) is 0.702. The summed E-state index contributed by atoms with van der Waals surface area (Å²) in [7, 11) is 1.64. The molecule has 3 nitrogen and oxygen atoms in total. The molecule has 3 heteroatoms. The molecular formula is C18H17NO2. The van der Waals surface area contributed by atoms with Crippen LogP contribution in [0.15, 0.2) is 54.6 Å². The molecule has 2 aromatic rings. The van der Waals surface area contributed by atoms with E-state index in [2.05, 4.69) is 0 Å². The summed E-state index contributed by atoms with van der Waals surface area (Å²) in [5.41, 5.74) is 3.09. The first-order valence-electron chi connectivity index (χ1n) is 7.00. The zero-order valence-corrected chi connectivity index (χ0v) is 12.0. The van der Waals surface area contributed by atoms with E-state index in [1.807, 2.05) is 54.6 Å². The van der Waals surface area contributed by atoms with E-state index in [4.69, 9.17) is 4.74 Å². The van der Waals surface area contributed by atoms with Gasteiger partial charge in [0.15, 0.2) is 0 Å². The quantitative estimate of drug-likeness (QED) is 0.807. The third kappa shape index (κ3) is 2.68. The maximum absolute atomic E-state index is 12.4. The van der Waals surface area contributed by atoms with Crippen LogP contribution in [0.5, 0.6) is 5.75 Å². The fourth-order valence-electron chi connectivity index (χ4n) is 2.63. The van der Waals surface area contributed by atoms with Crippen LogP contribution in [0.3, 0.4) is 0 Å². The van der Waals surface area contributed by atoms with Crippen molar-refractivity contribution >= 4 is 17.7 Å². The molecule has 1 heterocycles. The molecule has 21 heavy (non-hydrogen) atoms. The van der Waals surface area contributed by atoms with Gasteiger partial charge < -0.3 is 9.64 Å². The SMILES string of the molecule is COc1cccc2c1N(C(=O)C=Cc1ccccc1)CC2. The lowest BCUT2D eigenvalue weighted by molar-refractivity contribution is -0.114. The van der Waals surface area contributed by atoms with E-state index >= 15 is 0 Å². The molecule has 2 aromatic carbocycles. The number of anilines is 1. The minimum Gasteiger partial charge on any atom is -0.495 e. The highest BCUT2D eigenvalue weighted by Crippen LogP contribution is 2.37. The van der Waals surface area contributed by atoms with Gasteiger partial charge in [0.1, 0.15) is 5.75 Å². The molecule has 0 radical (unpaired) electrons. The Kier molecular flexibility index (Phi) is 3.73. The zero-order chi connectivity index (χ0) is 14.7. The maximum Gasteiger partial charge on any atom is 0.251 e. The molecule has 106 valence electrons. The summed E-state index contributed by atoms with van der Waals surface area (Å²) >= 11 is 0. The number of carbonyl (C=O) groups is 1. The summed E-state index contributed by atoms with van der Waals surface area (Å²) in [4.78, 5) is 14.2. The molecular weight excluding hydrogens is 262 g/mol. The van der Waals surface area contributed by atoms with Gasteiger partial charge in [0.2, 0.25) is 0 Å². The molecule has 0 N–H and O–H groups in total. The third-order valence-corrected chi connectivity index (χ3v) is 3.66. The van der Waals surface area contributed by atoms with Crippen molar-refractivity contribution in [3.63, 3.8) is 0 Å². The van der Waals surface area contributed by atoms with E-state index in [9.17, 15) is 4.79 Å². The highest BCUT2D eigenvalue weighted by molar-refractivity contribution is 6.06. The molecule has 0 fully saturated rings. The van der Waals surface area contributed by atoms with Crippen LogP contribution >= 0.6 is 0 Å². The summed E-state index contributed by atoms with van der Waals surface area (Å²) < 4.78 is 5.38. The van der Waals surface area contributed by atoms with E-state index in [-0.39, 0.29) is 5.91 Å². The van der Waals surface area contributed by atoms with Gasteiger partial charge in [-0.3, -0.25) is 4.79 Å². The molecule has 0 unspecified atom stereocenters. The molecule has 0 aromatic heterocycles. The number of hydrogen-bond acceptors (Lipinski definition) is 2. The Labute approximate surface area is 124 Å². The highest BCUT2D eigenvalue weighted by atomic mass is 16.5. The molecule has 1 aliphatic heterocycles. The minimum atomic E-state index is -0.0119. The van der Waals surface area contributed by atoms with Gasteiger partial charge in [0, 0.05) is 12.6 Å². The van der Waals surface area contributed by atoms with Gasteiger partial charge in [-0.15, -0.1) is 0 Å². The van der Waals surface area contributed by atoms with Gasteiger partial charge in [-0.05, 0) is 29.7 Å². The van der Waals surface area contributed by atoms with Gasteiger partial charge in [-0.1, -0.05) is 42.5 Å². The van der Waals surface area contributed by atoms with E-state index in [0.717, 1.165) is 29.0 Å². The second-order valence-corrected chi connectivity index (χ2v) is 4.95. The van der Waals surface area contributed by atoms with Crippen LogP contribution < -0.4 is 9.64 Å². The van der Waals surface area contributed by atoms with Crippen LogP contribution in [0.1, 0.15) is 11.1 Å². The maximum atomic E-state index is 12.4. The first-order chi connectivity index (χ1) is 10.3. The molecule has 0 saturated heterocycles. The Balaban J connectivity index is 1.84. The van der Waals surface area contributed by atoms with Crippen LogP contribution in [0.4, 0.5) is 5.69 Å². The van der Waals surface area contributed by atoms with E-state index < -0.39 is 0 Å². The van der Waals surface area contributed by atoms with Crippen LogP contribution in [-0.4, -0.2) is 19.6 Å². The van der Waals surface area contributed by atoms with Crippen LogP contribution in [0, 0.1) is 0 Å². The number of rotatable bonds is 3. The number of fused-ring (bicyclic) bond motifs is 1. The van der Waals surface area contributed by atoms with Crippen molar-refractivity contribution < 1.29 is 9.53 Å². The normalized spacial score (nSPS) is 13.5. The Bertz CT molecular complexity index is 677. The smallest absolute Gasteiger partial charge is 0.251 e. The van der Waals surface area contributed by atoms with Crippen LogP contribution in [0.25, 0.3) is 6.08 Å². The summed E-state index contributed by atoms with van der Waals surface area (Å²) in [5.74, 6) is 0.744. The van der Waals surface area contributed by atoms with Gasteiger partial charge >= 0.3 is 0 Å². The Hall–Kier alpha value is -2.55. The van der Waals surface area contributed by atoms with Gasteiger partial charge in [-0.25, -0.2) is 0 Å². The van der Waals surface area contributed by atoms with Crippen molar-refractivity contribution in [3.8, 4) is 5.75 Å². The van der Waals surface area contributed by atoms with Crippen molar-refractivity contribution in [3.05, 3.63) is 65.7 Å². The Morgan fingerprint density at radius 1 is 1.14 bits per heavy atom. The van der Waals surface area contributed by atoms with Crippen molar-refractivity contribution in [2.45, 2.75) is 6.42 Å². The fourth-order valence-corrected chi connectivity index (χ4v) is 2.63. The Morgan fingerprint density at radius 2 is 1.95 bits per heavy atom. The topological polar surface area (TPSA) is 29.5 Å². The number of benzene rings is 2. The fraction of sp³-hybridized carbons (Fsp3) is 0.167. The minimum absolute atomic E-state index is 0.0119. The second kappa shape index (κ2) is 5.83. The average molecular weight is 279 g/mol. The second-order valence-electron chi connectivity index (χ2n) is 4.95. The van der Waals surface area contributed by atoms with Gasteiger partial charge in [0.25, 0.3) is 5.91 Å². The lowest BCUT2D eigenvalue weighted by Crippen LogP contribution is -2.27. The van der Waals surface area contributed by atoms with E-state index in [0.29, 0.717) is 6.54 Å². The molecule has 3 rings (SSSR count). The molecule has 0 aliphatic carbocycles. The molecule has 1 aliphatic rings. The number of nitrogens with zero attached hydrogens (tertiary/aromatic N) is 1. The first-order valence-corrected chi connectivity index (χ1v) is 7.00. The van der Waals surface area contributed by atoms with E-state index in [1.54, 1.807) is 18.1 Å². The largest absolute Gasteiger partial charge is 0.495 e. The highest BCUT2D eigenvalue weighted by Gasteiger charge is 2.26. The predicted octanol–water partition coefficient (Wildman–Crippen LogP) is 3.30. The number of carbonyl (C=O) groups excluding carboxylic acids is 1. The lowest BCUT2D eigenvalue weighted by atomic mass is 10.1. The number of para-hydroxylation sites is 1. The molecule has 1 amide bonds. The number of ether oxygens (including phenoxy) is 1. The predicted molar refractivity (Wildman–Crippen MR) is 84.5 cm³/mol. The lowest BCUT2D eigenvalue weighted by Gasteiger charge is -2.17. The molecule has 0 atom stereocenters. The third-order valence-electron chi connectivity index (χ3n) is 3.66. The molecule has 0 saturated carbocycles. The summed E-state index contributed by atoms with van der Waals surface area (Å²) in [6, 6.07) is 15.7. The summed E-state index contributed by atoms with van der Waals surface area (Å²) in [5, 5.41) is 0. The van der Waals surface area contributed by atoms with Crippen molar-refractivity contribution in [1.29, 1.82) is 0 Å². The van der Waals surface area contributed by atoms with Crippen LogP contribution in [0.2, 0.25) is 0 Å². The molecule has 0 bridgehead atoms. The number of amides is 1. The molecule has 0 spiro atoms.